The molecule has 0 aliphatic heterocycles. The van der Waals surface area contributed by atoms with E-state index in [1.807, 2.05) is 0 Å². The van der Waals surface area contributed by atoms with E-state index < -0.39 is 24.1 Å². The van der Waals surface area contributed by atoms with Crippen LogP contribution in [-0.2, 0) is 6.61 Å². The Labute approximate surface area is 95.4 Å². The fourth-order valence-corrected chi connectivity index (χ4v) is 1.44. The van der Waals surface area contributed by atoms with Crippen molar-refractivity contribution in [1.82, 2.24) is 4.98 Å². The van der Waals surface area contributed by atoms with Gasteiger partial charge in [0.1, 0.15) is 17.5 Å². The largest absolute Gasteiger partial charge is 0.392 e. The highest BCUT2D eigenvalue weighted by atomic mass is 19.1. The van der Waals surface area contributed by atoms with Crippen LogP contribution in [0.1, 0.15) is 5.56 Å². The van der Waals surface area contributed by atoms with Gasteiger partial charge in [-0.05, 0) is 24.3 Å². The van der Waals surface area contributed by atoms with Crippen molar-refractivity contribution in [1.29, 1.82) is 0 Å². The van der Waals surface area contributed by atoms with Crippen molar-refractivity contribution in [2.45, 2.75) is 6.61 Å². The summed E-state index contributed by atoms with van der Waals surface area (Å²) in [7, 11) is 0. The summed E-state index contributed by atoms with van der Waals surface area (Å²) in [6.45, 7) is -0.529. The Morgan fingerprint density at radius 1 is 1.06 bits per heavy atom. The van der Waals surface area contributed by atoms with Gasteiger partial charge < -0.3 is 5.11 Å². The molecule has 0 saturated carbocycles. The van der Waals surface area contributed by atoms with Crippen LogP contribution in [-0.4, -0.2) is 10.1 Å². The molecule has 1 aromatic heterocycles. The first-order chi connectivity index (χ1) is 8.11. The van der Waals surface area contributed by atoms with Crippen LogP contribution >= 0.6 is 0 Å². The van der Waals surface area contributed by atoms with Gasteiger partial charge in [0.2, 0.25) is 0 Å². The molecule has 1 heterocycles. The molecule has 5 heteroatoms. The summed E-state index contributed by atoms with van der Waals surface area (Å²) in [5.41, 5.74) is -0.00851. The zero-order valence-electron chi connectivity index (χ0n) is 8.62. The lowest BCUT2D eigenvalue weighted by atomic mass is 10.1. The van der Waals surface area contributed by atoms with Gasteiger partial charge in [0, 0.05) is 11.1 Å². The molecule has 0 bridgehead atoms. The molecule has 0 radical (unpaired) electrons. The minimum atomic E-state index is -0.687. The first kappa shape index (κ1) is 11.6. The van der Waals surface area contributed by atoms with Crippen molar-refractivity contribution in [3.05, 3.63) is 53.5 Å². The number of hydrogen-bond donors (Lipinski definition) is 1. The third kappa shape index (κ3) is 2.29. The maximum atomic E-state index is 13.4. The first-order valence-electron chi connectivity index (χ1n) is 4.82. The van der Waals surface area contributed by atoms with Crippen LogP contribution in [0.25, 0.3) is 11.3 Å². The van der Waals surface area contributed by atoms with Crippen LogP contribution in [0.4, 0.5) is 13.2 Å². The van der Waals surface area contributed by atoms with Crippen molar-refractivity contribution >= 4 is 0 Å². The van der Waals surface area contributed by atoms with Gasteiger partial charge in [0.25, 0.3) is 0 Å². The number of halogens is 3. The highest BCUT2D eigenvalue weighted by Gasteiger charge is 2.10. The zero-order chi connectivity index (χ0) is 12.4. The normalized spacial score (nSPS) is 10.6. The van der Waals surface area contributed by atoms with Gasteiger partial charge in [-0.2, -0.15) is 0 Å². The lowest BCUT2D eigenvalue weighted by molar-refractivity contribution is 0.275. The van der Waals surface area contributed by atoms with E-state index in [4.69, 9.17) is 5.11 Å². The molecule has 88 valence electrons. The number of rotatable bonds is 2. The van der Waals surface area contributed by atoms with E-state index in [9.17, 15) is 13.2 Å². The molecule has 0 amide bonds. The number of aromatic nitrogens is 1. The predicted octanol–water partition coefficient (Wildman–Crippen LogP) is 2.66. The minimum Gasteiger partial charge on any atom is -0.392 e. The summed E-state index contributed by atoms with van der Waals surface area (Å²) in [4.78, 5) is 3.67. The van der Waals surface area contributed by atoms with Crippen LogP contribution in [0.2, 0.25) is 0 Å². The number of aliphatic hydroxyl groups is 1. The SMILES string of the molecule is OCc1cc(-c2cc(F)ccc2F)ncc1F. The molecule has 1 N–H and O–H groups in total. The second kappa shape index (κ2) is 4.55. The maximum Gasteiger partial charge on any atom is 0.147 e. The van der Waals surface area contributed by atoms with Gasteiger partial charge in [-0.15, -0.1) is 0 Å². The van der Waals surface area contributed by atoms with Crippen LogP contribution in [0, 0.1) is 17.5 Å². The minimum absolute atomic E-state index is 0.0151. The van der Waals surface area contributed by atoms with Gasteiger partial charge in [0.15, 0.2) is 0 Å². The van der Waals surface area contributed by atoms with Crippen LogP contribution in [0.15, 0.2) is 30.5 Å². The van der Waals surface area contributed by atoms with E-state index in [1.54, 1.807) is 0 Å². The molecule has 2 rings (SSSR count). The monoisotopic (exact) mass is 239 g/mol. The standard InChI is InChI=1S/C12H8F3NO/c13-8-1-2-10(14)9(4-8)12-3-7(6-17)11(15)5-16-12/h1-5,17H,6H2. The van der Waals surface area contributed by atoms with Gasteiger partial charge in [-0.3, -0.25) is 4.98 Å². The Morgan fingerprint density at radius 3 is 2.53 bits per heavy atom. The van der Waals surface area contributed by atoms with Crippen LogP contribution in [0.5, 0.6) is 0 Å². The van der Waals surface area contributed by atoms with Crippen molar-refractivity contribution in [2.24, 2.45) is 0 Å². The Bertz CT molecular complexity index is 557. The van der Waals surface area contributed by atoms with Crippen LogP contribution < -0.4 is 0 Å². The molecule has 0 aliphatic carbocycles. The molecular weight excluding hydrogens is 231 g/mol. The number of nitrogens with zero attached hydrogens (tertiary/aromatic N) is 1. The van der Waals surface area contributed by atoms with E-state index in [-0.39, 0.29) is 16.8 Å². The van der Waals surface area contributed by atoms with Gasteiger partial charge in [-0.25, -0.2) is 13.2 Å². The second-order valence-corrected chi connectivity index (χ2v) is 3.44. The molecule has 0 aliphatic rings. The third-order valence-corrected chi connectivity index (χ3v) is 2.31. The predicted molar refractivity (Wildman–Crippen MR) is 55.5 cm³/mol. The van der Waals surface area contributed by atoms with E-state index in [1.165, 1.54) is 6.07 Å². The lowest BCUT2D eigenvalue weighted by Crippen LogP contribution is -1.95. The van der Waals surface area contributed by atoms with Gasteiger partial charge in [0.05, 0.1) is 18.5 Å². The average Bonchev–Trinajstić information content (AvgIpc) is 2.33. The molecule has 0 saturated heterocycles. The molecule has 0 fully saturated rings. The molecule has 0 unspecified atom stereocenters. The fraction of sp³-hybridized carbons (Fsp3) is 0.0833. The molecule has 17 heavy (non-hydrogen) atoms. The molecule has 2 aromatic rings. The topological polar surface area (TPSA) is 33.1 Å². The fourth-order valence-electron chi connectivity index (χ4n) is 1.44. The summed E-state index contributed by atoms with van der Waals surface area (Å²) in [6.07, 6.45) is 0.866. The smallest absolute Gasteiger partial charge is 0.147 e. The third-order valence-electron chi connectivity index (χ3n) is 2.31. The van der Waals surface area contributed by atoms with Gasteiger partial charge >= 0.3 is 0 Å². The molecule has 0 atom stereocenters. The summed E-state index contributed by atoms with van der Waals surface area (Å²) in [6, 6.07) is 4.10. The summed E-state index contributed by atoms with van der Waals surface area (Å²) < 4.78 is 39.5. The van der Waals surface area contributed by atoms with E-state index >= 15 is 0 Å². The summed E-state index contributed by atoms with van der Waals surface area (Å²) in [5.74, 6) is -1.96. The molecule has 0 spiro atoms. The Morgan fingerprint density at radius 2 is 1.82 bits per heavy atom. The molecule has 2 nitrogen and oxygen atoms in total. The highest BCUT2D eigenvalue weighted by Crippen LogP contribution is 2.23. The Balaban J connectivity index is 2.56. The number of aliphatic hydroxyl groups excluding tert-OH is 1. The first-order valence-corrected chi connectivity index (χ1v) is 4.82. The van der Waals surface area contributed by atoms with Crippen molar-refractivity contribution in [3.8, 4) is 11.3 Å². The summed E-state index contributed by atoms with van der Waals surface area (Å²) in [5, 5.41) is 8.88. The average molecular weight is 239 g/mol. The van der Waals surface area contributed by atoms with Crippen molar-refractivity contribution < 1.29 is 18.3 Å². The number of hydrogen-bond acceptors (Lipinski definition) is 2. The van der Waals surface area contributed by atoms with Gasteiger partial charge in [-0.1, -0.05) is 0 Å². The zero-order valence-corrected chi connectivity index (χ0v) is 8.62. The second-order valence-electron chi connectivity index (χ2n) is 3.44. The van der Waals surface area contributed by atoms with Crippen molar-refractivity contribution in [3.63, 3.8) is 0 Å². The van der Waals surface area contributed by atoms with E-state index in [2.05, 4.69) is 4.98 Å². The Hall–Kier alpha value is -1.88. The quantitative estimate of drug-likeness (QED) is 0.873. The summed E-state index contributed by atoms with van der Waals surface area (Å²) >= 11 is 0. The maximum absolute atomic E-state index is 13.4. The molecule has 1 aromatic carbocycles. The van der Waals surface area contributed by atoms with E-state index in [0.717, 1.165) is 24.4 Å². The highest BCUT2D eigenvalue weighted by molar-refractivity contribution is 5.60. The van der Waals surface area contributed by atoms with E-state index in [0.29, 0.717) is 0 Å². The lowest BCUT2D eigenvalue weighted by Gasteiger charge is -2.05. The number of pyridine rings is 1. The number of benzene rings is 1. The van der Waals surface area contributed by atoms with Crippen LogP contribution in [0.3, 0.4) is 0 Å². The Kier molecular flexibility index (Phi) is 3.10. The molecular formula is C12H8F3NO. The van der Waals surface area contributed by atoms with Crippen molar-refractivity contribution in [2.75, 3.05) is 0 Å².